The van der Waals surface area contributed by atoms with Crippen molar-refractivity contribution in [3.63, 3.8) is 0 Å². The Morgan fingerprint density at radius 1 is 1.26 bits per heavy atom. The molecule has 2 rings (SSSR count). The first-order valence-electron chi connectivity index (χ1n) is 8.28. The Morgan fingerprint density at radius 2 is 1.96 bits per heavy atom. The minimum atomic E-state index is -0.441. The zero-order valence-electron chi connectivity index (χ0n) is 13.8. The van der Waals surface area contributed by atoms with Crippen LogP contribution >= 0.6 is 0 Å². The second-order valence-corrected chi connectivity index (χ2v) is 5.82. The fraction of sp³-hybridized carbons (Fsp3) is 0.556. The second-order valence-electron chi connectivity index (χ2n) is 5.82. The summed E-state index contributed by atoms with van der Waals surface area (Å²) in [6, 6.07) is 7.01. The maximum absolute atomic E-state index is 12.2. The average molecular weight is 319 g/mol. The third-order valence-corrected chi connectivity index (χ3v) is 3.94. The molecule has 0 saturated heterocycles. The molecule has 1 aromatic rings. The van der Waals surface area contributed by atoms with Gasteiger partial charge in [0.05, 0.1) is 19.1 Å². The van der Waals surface area contributed by atoms with Gasteiger partial charge in [0, 0.05) is 12.5 Å². The lowest BCUT2D eigenvalue weighted by molar-refractivity contribution is -0.149. The third kappa shape index (κ3) is 5.27. The van der Waals surface area contributed by atoms with Gasteiger partial charge in [-0.05, 0) is 38.7 Å². The lowest BCUT2D eigenvalue weighted by Crippen LogP contribution is -2.29. The van der Waals surface area contributed by atoms with Crippen LogP contribution in [0.4, 0.5) is 0 Å². The lowest BCUT2D eigenvalue weighted by atomic mass is 10.0. The molecule has 0 aliphatic heterocycles. The summed E-state index contributed by atoms with van der Waals surface area (Å²) in [5.41, 5.74) is 0.799. The summed E-state index contributed by atoms with van der Waals surface area (Å²) in [5, 5.41) is 2.83. The van der Waals surface area contributed by atoms with Crippen molar-refractivity contribution in [3.8, 4) is 5.75 Å². The van der Waals surface area contributed by atoms with Gasteiger partial charge in [-0.3, -0.25) is 9.59 Å². The van der Waals surface area contributed by atoms with Crippen molar-refractivity contribution in [2.75, 3.05) is 6.61 Å². The van der Waals surface area contributed by atoms with Gasteiger partial charge in [-0.25, -0.2) is 0 Å². The van der Waals surface area contributed by atoms with Crippen LogP contribution in [0.2, 0.25) is 0 Å². The molecule has 1 atom stereocenters. The van der Waals surface area contributed by atoms with Gasteiger partial charge in [0.15, 0.2) is 0 Å². The molecule has 23 heavy (non-hydrogen) atoms. The van der Waals surface area contributed by atoms with Crippen molar-refractivity contribution in [2.45, 2.75) is 58.1 Å². The zero-order chi connectivity index (χ0) is 16.7. The van der Waals surface area contributed by atoms with Crippen LogP contribution in [0.15, 0.2) is 24.3 Å². The number of hydrogen-bond acceptors (Lipinski definition) is 4. The van der Waals surface area contributed by atoms with Crippen molar-refractivity contribution in [1.29, 1.82) is 0 Å². The maximum atomic E-state index is 12.2. The Labute approximate surface area is 137 Å². The molecule has 1 saturated carbocycles. The van der Waals surface area contributed by atoms with E-state index in [1.807, 2.05) is 31.2 Å². The lowest BCUT2D eigenvalue weighted by Gasteiger charge is -2.21. The highest BCUT2D eigenvalue weighted by Crippen LogP contribution is 2.29. The van der Waals surface area contributed by atoms with Crippen molar-refractivity contribution < 1.29 is 19.1 Å². The van der Waals surface area contributed by atoms with Gasteiger partial charge in [-0.15, -0.1) is 0 Å². The standard InChI is InChI=1S/C18H25NO4/c1-3-22-17-11-7-6-10-15(17)16(19-13(2)20)12-18(21)23-14-8-4-5-9-14/h6-7,10-11,14,16H,3-5,8-9,12H2,1-2H3,(H,19,20)/t16-/m1/s1. The molecule has 0 heterocycles. The van der Waals surface area contributed by atoms with E-state index in [2.05, 4.69) is 5.32 Å². The highest BCUT2D eigenvalue weighted by Gasteiger charge is 2.24. The predicted molar refractivity (Wildman–Crippen MR) is 87.1 cm³/mol. The molecule has 5 nitrogen and oxygen atoms in total. The monoisotopic (exact) mass is 319 g/mol. The van der Waals surface area contributed by atoms with E-state index in [4.69, 9.17) is 9.47 Å². The Hall–Kier alpha value is -2.04. The van der Waals surface area contributed by atoms with Gasteiger partial charge in [-0.2, -0.15) is 0 Å². The van der Waals surface area contributed by atoms with E-state index in [-0.39, 0.29) is 24.4 Å². The van der Waals surface area contributed by atoms with Crippen molar-refractivity contribution >= 4 is 11.9 Å². The molecule has 0 bridgehead atoms. The van der Waals surface area contributed by atoms with Crippen LogP contribution in [0.3, 0.4) is 0 Å². The summed E-state index contributed by atoms with van der Waals surface area (Å²) in [5.74, 6) is 0.222. The van der Waals surface area contributed by atoms with Crippen LogP contribution in [0.25, 0.3) is 0 Å². The highest BCUT2D eigenvalue weighted by atomic mass is 16.5. The highest BCUT2D eigenvalue weighted by molar-refractivity contribution is 5.76. The van der Waals surface area contributed by atoms with E-state index >= 15 is 0 Å². The summed E-state index contributed by atoms with van der Waals surface area (Å²) in [4.78, 5) is 23.7. The van der Waals surface area contributed by atoms with Gasteiger partial charge in [-0.1, -0.05) is 18.2 Å². The number of para-hydroxylation sites is 1. The molecule has 126 valence electrons. The molecule has 0 spiro atoms. The van der Waals surface area contributed by atoms with Crippen LogP contribution < -0.4 is 10.1 Å². The Balaban J connectivity index is 2.09. The number of nitrogens with one attached hydrogen (secondary N) is 1. The molecule has 1 N–H and O–H groups in total. The summed E-state index contributed by atoms with van der Waals surface area (Å²) in [6.45, 7) is 3.87. The Bertz CT molecular complexity index is 538. The quantitative estimate of drug-likeness (QED) is 0.784. The number of rotatable bonds is 7. The largest absolute Gasteiger partial charge is 0.494 e. The van der Waals surface area contributed by atoms with Crippen molar-refractivity contribution in [3.05, 3.63) is 29.8 Å². The number of carbonyl (C=O) groups is 2. The van der Waals surface area contributed by atoms with Gasteiger partial charge < -0.3 is 14.8 Å². The fourth-order valence-electron chi connectivity index (χ4n) is 2.95. The molecule has 1 aromatic carbocycles. The summed E-state index contributed by atoms with van der Waals surface area (Å²) >= 11 is 0. The zero-order valence-corrected chi connectivity index (χ0v) is 13.8. The molecule has 5 heteroatoms. The smallest absolute Gasteiger partial charge is 0.308 e. The molecule has 0 unspecified atom stereocenters. The van der Waals surface area contributed by atoms with Crippen LogP contribution in [0.1, 0.15) is 57.6 Å². The summed E-state index contributed by atoms with van der Waals surface area (Å²) in [7, 11) is 0. The predicted octanol–water partition coefficient (Wildman–Crippen LogP) is 3.14. The number of carbonyl (C=O) groups excluding carboxylic acids is 2. The molecular formula is C18H25NO4. The minimum absolute atomic E-state index is 0.0302. The molecule has 1 fully saturated rings. The average Bonchev–Trinajstić information content (AvgIpc) is 3.00. The molecule has 0 radical (unpaired) electrons. The third-order valence-electron chi connectivity index (χ3n) is 3.94. The van der Waals surface area contributed by atoms with Gasteiger partial charge in [0.25, 0.3) is 0 Å². The topological polar surface area (TPSA) is 64.6 Å². The number of hydrogen-bond donors (Lipinski definition) is 1. The first-order valence-corrected chi connectivity index (χ1v) is 8.28. The van der Waals surface area contributed by atoms with Crippen LogP contribution in [-0.2, 0) is 14.3 Å². The van der Waals surface area contributed by atoms with Crippen molar-refractivity contribution in [2.24, 2.45) is 0 Å². The van der Waals surface area contributed by atoms with E-state index in [9.17, 15) is 9.59 Å². The first-order chi connectivity index (χ1) is 11.1. The van der Waals surface area contributed by atoms with Gasteiger partial charge >= 0.3 is 5.97 Å². The summed E-state index contributed by atoms with van der Waals surface area (Å²) < 4.78 is 11.1. The van der Waals surface area contributed by atoms with Crippen LogP contribution in [-0.4, -0.2) is 24.6 Å². The first kappa shape index (κ1) is 17.3. The molecule has 1 amide bonds. The van der Waals surface area contributed by atoms with E-state index in [1.54, 1.807) is 0 Å². The Morgan fingerprint density at radius 3 is 2.61 bits per heavy atom. The van der Waals surface area contributed by atoms with Crippen molar-refractivity contribution in [1.82, 2.24) is 5.32 Å². The summed E-state index contributed by atoms with van der Waals surface area (Å²) in [6.07, 6.45) is 4.24. The molecule has 1 aliphatic rings. The van der Waals surface area contributed by atoms with Gasteiger partial charge in [0.1, 0.15) is 11.9 Å². The molecular weight excluding hydrogens is 294 g/mol. The number of esters is 1. The molecule has 1 aliphatic carbocycles. The molecule has 0 aromatic heterocycles. The Kier molecular flexibility index (Phi) is 6.44. The van der Waals surface area contributed by atoms with E-state index in [1.165, 1.54) is 6.92 Å². The fourth-order valence-corrected chi connectivity index (χ4v) is 2.95. The second kappa shape index (κ2) is 8.56. The normalized spacial score (nSPS) is 15.9. The minimum Gasteiger partial charge on any atom is -0.494 e. The van der Waals surface area contributed by atoms with Crippen LogP contribution in [0, 0.1) is 0 Å². The number of amides is 1. The van der Waals surface area contributed by atoms with E-state index < -0.39 is 6.04 Å². The van der Waals surface area contributed by atoms with E-state index in [0.717, 1.165) is 31.2 Å². The SMILES string of the molecule is CCOc1ccccc1[C@@H](CC(=O)OC1CCCC1)NC(C)=O. The van der Waals surface area contributed by atoms with E-state index in [0.29, 0.717) is 12.4 Å². The number of ether oxygens (including phenoxy) is 2. The van der Waals surface area contributed by atoms with Gasteiger partial charge in [0.2, 0.25) is 5.91 Å². The van der Waals surface area contributed by atoms with Crippen LogP contribution in [0.5, 0.6) is 5.75 Å². The maximum Gasteiger partial charge on any atom is 0.308 e. The number of benzene rings is 1.